The molecule has 0 unspecified atom stereocenters. The molecule has 0 aromatic rings. The van der Waals surface area contributed by atoms with Gasteiger partial charge in [0.25, 0.3) is 0 Å². The van der Waals surface area contributed by atoms with Gasteiger partial charge in [-0.2, -0.15) is 0 Å². The quantitative estimate of drug-likeness (QED) is 0.0541. The molecule has 42 heavy (non-hydrogen) atoms. The van der Waals surface area contributed by atoms with E-state index in [-0.39, 0.29) is 11.9 Å². The van der Waals surface area contributed by atoms with E-state index in [1.807, 2.05) is 0 Å². The Morgan fingerprint density at radius 3 is 0.786 bits per heavy atom. The molecule has 0 aliphatic rings. The van der Waals surface area contributed by atoms with Crippen molar-refractivity contribution in [3.8, 4) is 0 Å². The van der Waals surface area contributed by atoms with Gasteiger partial charge in [-0.25, -0.2) is 0 Å². The van der Waals surface area contributed by atoms with Crippen LogP contribution in [0.15, 0.2) is 0 Å². The van der Waals surface area contributed by atoms with Gasteiger partial charge in [-0.1, -0.05) is 181 Å². The highest BCUT2D eigenvalue weighted by Crippen LogP contribution is 2.14. The number of hydrogen-bond acceptors (Lipinski definition) is 4. The number of unbranched alkanes of at least 4 members (excludes halogenated alkanes) is 27. The van der Waals surface area contributed by atoms with Crippen LogP contribution in [-0.2, 0) is 19.1 Å². The van der Waals surface area contributed by atoms with E-state index < -0.39 is 0 Å². The number of hydrogen-bond donors (Lipinski definition) is 0. The molecule has 4 heteroatoms. The molecule has 0 atom stereocenters. The van der Waals surface area contributed by atoms with Gasteiger partial charge in [0.05, 0.1) is 13.2 Å². The molecular weight excluding hydrogens is 520 g/mol. The second-order valence-electron chi connectivity index (χ2n) is 12.8. The monoisotopic (exact) mass is 595 g/mol. The summed E-state index contributed by atoms with van der Waals surface area (Å²) in [7, 11) is 0. The fourth-order valence-corrected chi connectivity index (χ4v) is 5.65. The van der Waals surface area contributed by atoms with E-state index in [2.05, 4.69) is 13.8 Å². The highest BCUT2D eigenvalue weighted by molar-refractivity contribution is 5.69. The smallest absolute Gasteiger partial charge is 0.305 e. The number of esters is 2. The first-order chi connectivity index (χ1) is 20.7. The predicted molar refractivity (Wildman–Crippen MR) is 181 cm³/mol. The Morgan fingerprint density at radius 1 is 0.310 bits per heavy atom. The van der Waals surface area contributed by atoms with Crippen molar-refractivity contribution in [2.75, 3.05) is 13.2 Å². The summed E-state index contributed by atoms with van der Waals surface area (Å²) >= 11 is 0. The number of carbonyl (C=O) groups excluding carboxylic acids is 2. The van der Waals surface area contributed by atoms with Gasteiger partial charge in [0.15, 0.2) is 0 Å². The second kappa shape index (κ2) is 36.1. The van der Waals surface area contributed by atoms with Crippen LogP contribution >= 0.6 is 0 Å². The van der Waals surface area contributed by atoms with Crippen molar-refractivity contribution in [1.82, 2.24) is 0 Å². The normalized spacial score (nSPS) is 11.2. The van der Waals surface area contributed by atoms with Gasteiger partial charge in [0, 0.05) is 12.8 Å². The van der Waals surface area contributed by atoms with E-state index in [0.29, 0.717) is 26.1 Å². The molecule has 0 heterocycles. The van der Waals surface area contributed by atoms with E-state index in [1.54, 1.807) is 0 Å². The van der Waals surface area contributed by atoms with E-state index in [4.69, 9.17) is 9.47 Å². The third kappa shape index (κ3) is 35.1. The minimum atomic E-state index is -0.0333. The second-order valence-corrected chi connectivity index (χ2v) is 12.8. The average Bonchev–Trinajstić information content (AvgIpc) is 2.99. The molecule has 0 amide bonds. The van der Waals surface area contributed by atoms with Crippen LogP contribution in [0.2, 0.25) is 0 Å². The van der Waals surface area contributed by atoms with Gasteiger partial charge < -0.3 is 9.47 Å². The number of rotatable bonds is 35. The van der Waals surface area contributed by atoms with Crippen molar-refractivity contribution in [3.05, 3.63) is 0 Å². The van der Waals surface area contributed by atoms with E-state index >= 15 is 0 Å². The third-order valence-corrected chi connectivity index (χ3v) is 8.53. The van der Waals surface area contributed by atoms with Crippen LogP contribution in [0, 0.1) is 0 Å². The van der Waals surface area contributed by atoms with Crippen LogP contribution in [0.25, 0.3) is 0 Å². The Balaban J connectivity index is 3.24. The zero-order chi connectivity index (χ0) is 30.6. The maximum atomic E-state index is 11.9. The van der Waals surface area contributed by atoms with Crippen molar-refractivity contribution in [2.24, 2.45) is 0 Å². The number of ether oxygens (including phenoxy) is 2. The molecule has 0 fully saturated rings. The van der Waals surface area contributed by atoms with Crippen molar-refractivity contribution < 1.29 is 19.1 Å². The SMILES string of the molecule is CCCCCCCCCCCCCCOC(=O)CCCCCCCCC(=O)OCCCCCCCCCCCCCC. The lowest BCUT2D eigenvalue weighted by Gasteiger charge is -2.06. The summed E-state index contributed by atoms with van der Waals surface area (Å²) in [6, 6.07) is 0. The molecule has 0 N–H and O–H groups in total. The summed E-state index contributed by atoms with van der Waals surface area (Å²) in [4.78, 5) is 23.8. The van der Waals surface area contributed by atoms with E-state index in [9.17, 15) is 9.59 Å². The minimum absolute atomic E-state index is 0.0333. The minimum Gasteiger partial charge on any atom is -0.466 e. The first-order valence-electron chi connectivity index (χ1n) is 19.0. The Bertz CT molecular complexity index is 499. The van der Waals surface area contributed by atoms with E-state index in [0.717, 1.165) is 51.4 Å². The zero-order valence-electron chi connectivity index (χ0n) is 28.7. The first-order valence-corrected chi connectivity index (χ1v) is 19.0. The topological polar surface area (TPSA) is 52.6 Å². The maximum absolute atomic E-state index is 11.9. The first kappa shape index (κ1) is 40.9. The van der Waals surface area contributed by atoms with Crippen LogP contribution in [-0.4, -0.2) is 25.2 Å². The highest BCUT2D eigenvalue weighted by atomic mass is 16.5. The Kier molecular flexibility index (Phi) is 35.2. The lowest BCUT2D eigenvalue weighted by Crippen LogP contribution is -2.06. The van der Waals surface area contributed by atoms with E-state index in [1.165, 1.54) is 141 Å². The van der Waals surface area contributed by atoms with Crippen LogP contribution in [0.4, 0.5) is 0 Å². The van der Waals surface area contributed by atoms with Crippen molar-refractivity contribution >= 4 is 11.9 Å². The summed E-state index contributed by atoms with van der Waals surface area (Å²) < 4.78 is 10.8. The third-order valence-electron chi connectivity index (χ3n) is 8.53. The van der Waals surface area contributed by atoms with Crippen LogP contribution in [0.3, 0.4) is 0 Å². The molecule has 0 saturated heterocycles. The molecular formula is C38H74O4. The summed E-state index contributed by atoms with van der Waals surface area (Å²) in [6.07, 6.45) is 39.0. The van der Waals surface area contributed by atoms with Crippen LogP contribution in [0.1, 0.15) is 219 Å². The van der Waals surface area contributed by atoms with Gasteiger partial charge in [0.2, 0.25) is 0 Å². The molecule has 0 radical (unpaired) electrons. The largest absolute Gasteiger partial charge is 0.466 e. The summed E-state index contributed by atoms with van der Waals surface area (Å²) in [6.45, 7) is 5.72. The summed E-state index contributed by atoms with van der Waals surface area (Å²) in [5, 5.41) is 0. The van der Waals surface area contributed by atoms with Crippen molar-refractivity contribution in [2.45, 2.75) is 219 Å². The molecule has 0 rings (SSSR count). The Morgan fingerprint density at radius 2 is 0.524 bits per heavy atom. The van der Waals surface area contributed by atoms with Crippen LogP contribution < -0.4 is 0 Å². The lowest BCUT2D eigenvalue weighted by atomic mass is 10.1. The molecule has 0 saturated carbocycles. The Hall–Kier alpha value is -1.06. The lowest BCUT2D eigenvalue weighted by molar-refractivity contribution is -0.144. The molecule has 0 spiro atoms. The van der Waals surface area contributed by atoms with Crippen LogP contribution in [0.5, 0.6) is 0 Å². The fraction of sp³-hybridized carbons (Fsp3) is 0.947. The Labute approximate surface area is 263 Å². The average molecular weight is 595 g/mol. The maximum Gasteiger partial charge on any atom is 0.305 e. The zero-order valence-corrected chi connectivity index (χ0v) is 28.7. The molecule has 250 valence electrons. The van der Waals surface area contributed by atoms with Gasteiger partial charge >= 0.3 is 11.9 Å². The summed E-state index contributed by atoms with van der Waals surface area (Å²) in [5.41, 5.74) is 0. The van der Waals surface area contributed by atoms with Gasteiger partial charge in [-0.05, 0) is 25.7 Å². The van der Waals surface area contributed by atoms with Crippen molar-refractivity contribution in [1.29, 1.82) is 0 Å². The predicted octanol–water partition coefficient (Wildman–Crippen LogP) is 12.6. The molecule has 0 bridgehead atoms. The van der Waals surface area contributed by atoms with Crippen molar-refractivity contribution in [3.63, 3.8) is 0 Å². The van der Waals surface area contributed by atoms with Gasteiger partial charge in [-0.15, -0.1) is 0 Å². The molecule has 0 aromatic heterocycles. The molecule has 0 aliphatic heterocycles. The standard InChI is InChI=1S/C38H74O4/c1-3-5-7-9-11-13-15-17-19-23-27-31-35-41-37(39)33-29-25-21-22-26-30-34-38(40)42-36-32-28-24-20-18-16-14-12-10-8-6-4-2/h3-36H2,1-2H3. The van der Waals surface area contributed by atoms with Gasteiger partial charge in [0.1, 0.15) is 0 Å². The summed E-state index contributed by atoms with van der Waals surface area (Å²) in [5.74, 6) is -0.0667. The van der Waals surface area contributed by atoms with Gasteiger partial charge in [-0.3, -0.25) is 9.59 Å². The molecule has 0 aromatic carbocycles. The molecule has 0 aliphatic carbocycles. The fourth-order valence-electron chi connectivity index (χ4n) is 5.65. The highest BCUT2D eigenvalue weighted by Gasteiger charge is 2.05. The molecule has 4 nitrogen and oxygen atoms in total. The number of carbonyl (C=O) groups is 2.